The molecular weight excluding hydrogens is 230 g/mol. The summed E-state index contributed by atoms with van der Waals surface area (Å²) in [5, 5.41) is 3.60. The summed E-state index contributed by atoms with van der Waals surface area (Å²) in [6.45, 7) is 11.1. The molecule has 1 aliphatic heterocycles. The van der Waals surface area contributed by atoms with Gasteiger partial charge in [0.15, 0.2) is 0 Å². The molecule has 3 heteroatoms. The van der Waals surface area contributed by atoms with Crippen LogP contribution in [0, 0.1) is 0 Å². The second kappa shape index (κ2) is 7.65. The molecule has 2 atom stereocenters. The molecule has 0 amide bonds. The maximum absolute atomic E-state index is 5.69. The summed E-state index contributed by atoms with van der Waals surface area (Å²) in [5.74, 6) is 1.21. The molecule has 1 heterocycles. The maximum Gasteiger partial charge on any atom is 0.0576 e. The Morgan fingerprint density at radius 3 is 2.71 bits per heavy atom. The molecule has 0 aliphatic carbocycles. The van der Waals surface area contributed by atoms with Crippen molar-refractivity contribution >= 4 is 11.8 Å². The lowest BCUT2D eigenvalue weighted by molar-refractivity contribution is 0.100. The van der Waals surface area contributed by atoms with Gasteiger partial charge in [0.1, 0.15) is 0 Å². The van der Waals surface area contributed by atoms with E-state index in [1.165, 1.54) is 31.4 Å². The molecule has 0 aromatic carbocycles. The molecule has 1 N–H and O–H groups in total. The molecule has 102 valence electrons. The minimum Gasteiger partial charge on any atom is -0.378 e. The highest BCUT2D eigenvalue weighted by atomic mass is 32.2. The van der Waals surface area contributed by atoms with Gasteiger partial charge < -0.3 is 10.1 Å². The predicted octanol–water partition coefficient (Wildman–Crippen LogP) is 3.46. The molecule has 0 aromatic rings. The van der Waals surface area contributed by atoms with Crippen LogP contribution in [0.2, 0.25) is 0 Å². The van der Waals surface area contributed by atoms with Gasteiger partial charge in [0.25, 0.3) is 0 Å². The summed E-state index contributed by atoms with van der Waals surface area (Å²) >= 11 is 2.06. The van der Waals surface area contributed by atoms with Gasteiger partial charge in [-0.1, -0.05) is 27.7 Å². The van der Waals surface area contributed by atoms with Gasteiger partial charge in [0, 0.05) is 23.1 Å². The number of nitrogens with one attached hydrogen (secondary N) is 1. The zero-order valence-electron chi connectivity index (χ0n) is 11.9. The van der Waals surface area contributed by atoms with Gasteiger partial charge >= 0.3 is 0 Å². The number of ether oxygens (including phenoxy) is 1. The summed E-state index contributed by atoms with van der Waals surface area (Å²) in [5.41, 5.74) is 0. The van der Waals surface area contributed by atoms with E-state index in [1.807, 2.05) is 0 Å². The molecule has 2 nitrogen and oxygen atoms in total. The van der Waals surface area contributed by atoms with Crippen LogP contribution in [0.4, 0.5) is 0 Å². The quantitative estimate of drug-likeness (QED) is 0.756. The first-order chi connectivity index (χ1) is 8.01. The number of thioether (sulfide) groups is 1. The third-order valence-corrected chi connectivity index (χ3v) is 4.51. The first kappa shape index (κ1) is 15.3. The van der Waals surface area contributed by atoms with Gasteiger partial charge in [-0.2, -0.15) is 11.8 Å². The van der Waals surface area contributed by atoms with Crippen molar-refractivity contribution in [3.05, 3.63) is 0 Å². The second-order valence-corrected chi connectivity index (χ2v) is 7.74. The van der Waals surface area contributed by atoms with Gasteiger partial charge in [-0.25, -0.2) is 0 Å². The van der Waals surface area contributed by atoms with Gasteiger partial charge in [-0.15, -0.1) is 0 Å². The van der Waals surface area contributed by atoms with E-state index in [-0.39, 0.29) is 0 Å². The summed E-state index contributed by atoms with van der Waals surface area (Å²) in [4.78, 5) is 0. The van der Waals surface area contributed by atoms with Crippen LogP contribution in [0.1, 0.15) is 53.4 Å². The van der Waals surface area contributed by atoms with Gasteiger partial charge in [-0.3, -0.25) is 0 Å². The van der Waals surface area contributed by atoms with E-state index in [9.17, 15) is 0 Å². The van der Waals surface area contributed by atoms with Crippen LogP contribution in [-0.4, -0.2) is 35.8 Å². The van der Waals surface area contributed by atoms with Crippen molar-refractivity contribution in [3.8, 4) is 0 Å². The molecule has 17 heavy (non-hydrogen) atoms. The maximum atomic E-state index is 5.69. The third-order valence-electron chi connectivity index (χ3n) is 3.07. The molecule has 1 saturated heterocycles. The average Bonchev–Trinajstić information content (AvgIpc) is 2.74. The van der Waals surface area contributed by atoms with Crippen LogP contribution in [0.15, 0.2) is 0 Å². The molecule has 1 rings (SSSR count). The van der Waals surface area contributed by atoms with E-state index >= 15 is 0 Å². The largest absolute Gasteiger partial charge is 0.378 e. The highest BCUT2D eigenvalue weighted by molar-refractivity contribution is 8.00. The predicted molar refractivity (Wildman–Crippen MR) is 77.9 cm³/mol. The molecule has 2 unspecified atom stereocenters. The topological polar surface area (TPSA) is 21.3 Å². The van der Waals surface area contributed by atoms with Crippen LogP contribution >= 0.6 is 11.8 Å². The van der Waals surface area contributed by atoms with Crippen LogP contribution < -0.4 is 5.32 Å². The third kappa shape index (κ3) is 7.32. The smallest absolute Gasteiger partial charge is 0.0576 e. The lowest BCUT2D eigenvalue weighted by atomic mass is 10.1. The van der Waals surface area contributed by atoms with Crippen LogP contribution in [0.3, 0.4) is 0 Å². The molecule has 1 aliphatic rings. The Morgan fingerprint density at radius 1 is 1.41 bits per heavy atom. The Bertz CT molecular complexity index is 197. The van der Waals surface area contributed by atoms with E-state index in [0.717, 1.165) is 13.2 Å². The van der Waals surface area contributed by atoms with Crippen molar-refractivity contribution in [2.75, 3.05) is 18.9 Å². The fourth-order valence-electron chi connectivity index (χ4n) is 2.14. The zero-order chi connectivity index (χ0) is 12.7. The van der Waals surface area contributed by atoms with E-state index < -0.39 is 0 Å². The molecule has 0 bridgehead atoms. The highest BCUT2D eigenvalue weighted by Crippen LogP contribution is 2.25. The first-order valence-electron chi connectivity index (χ1n) is 7.00. The lowest BCUT2D eigenvalue weighted by Crippen LogP contribution is -2.33. The lowest BCUT2D eigenvalue weighted by Gasteiger charge is -2.24. The van der Waals surface area contributed by atoms with Crippen LogP contribution in [0.25, 0.3) is 0 Å². The number of rotatable bonds is 7. The van der Waals surface area contributed by atoms with Gasteiger partial charge in [0.2, 0.25) is 0 Å². The molecular formula is C14H29NOS. The fraction of sp³-hybridized carbons (Fsp3) is 1.00. The summed E-state index contributed by atoms with van der Waals surface area (Å²) in [6, 6.07) is 0.647. The van der Waals surface area contributed by atoms with Gasteiger partial charge in [0.05, 0.1) is 6.10 Å². The van der Waals surface area contributed by atoms with E-state index in [0.29, 0.717) is 16.9 Å². The molecule has 0 saturated carbocycles. The summed E-state index contributed by atoms with van der Waals surface area (Å²) in [7, 11) is 0. The SMILES string of the molecule is CCNC(CCC1CCCO1)CSC(C)(C)C. The van der Waals surface area contributed by atoms with Crippen molar-refractivity contribution in [1.82, 2.24) is 5.32 Å². The minimum atomic E-state index is 0.373. The fourth-order valence-corrected chi connectivity index (χ4v) is 3.13. The Hall–Kier alpha value is 0.270. The standard InChI is InChI=1S/C14H29NOS/c1-5-15-12(11-17-14(2,3)4)8-9-13-7-6-10-16-13/h12-13,15H,5-11H2,1-4H3. The van der Waals surface area contributed by atoms with E-state index in [4.69, 9.17) is 4.74 Å². The normalized spacial score (nSPS) is 22.9. The molecule has 0 spiro atoms. The van der Waals surface area contributed by atoms with Crippen LogP contribution in [0.5, 0.6) is 0 Å². The first-order valence-corrected chi connectivity index (χ1v) is 7.99. The second-order valence-electron chi connectivity index (χ2n) is 5.89. The average molecular weight is 259 g/mol. The Morgan fingerprint density at radius 2 is 2.18 bits per heavy atom. The summed E-state index contributed by atoms with van der Waals surface area (Å²) in [6.07, 6.45) is 5.54. The number of hydrogen-bond acceptors (Lipinski definition) is 3. The van der Waals surface area contributed by atoms with Crippen molar-refractivity contribution in [1.29, 1.82) is 0 Å². The minimum absolute atomic E-state index is 0.373. The van der Waals surface area contributed by atoms with Crippen molar-refractivity contribution in [2.45, 2.75) is 70.3 Å². The van der Waals surface area contributed by atoms with Crippen molar-refractivity contribution in [2.24, 2.45) is 0 Å². The number of hydrogen-bond donors (Lipinski definition) is 1. The molecule has 1 fully saturated rings. The van der Waals surface area contributed by atoms with Gasteiger partial charge in [-0.05, 0) is 32.2 Å². The van der Waals surface area contributed by atoms with E-state index in [2.05, 4.69) is 44.8 Å². The Balaban J connectivity index is 2.21. The Labute approximate surface area is 111 Å². The zero-order valence-corrected chi connectivity index (χ0v) is 12.7. The highest BCUT2D eigenvalue weighted by Gasteiger charge is 2.19. The van der Waals surface area contributed by atoms with Crippen molar-refractivity contribution < 1.29 is 4.74 Å². The Kier molecular flexibility index (Phi) is 6.90. The monoisotopic (exact) mass is 259 g/mol. The van der Waals surface area contributed by atoms with E-state index in [1.54, 1.807) is 0 Å². The van der Waals surface area contributed by atoms with Crippen LogP contribution in [-0.2, 0) is 4.74 Å². The van der Waals surface area contributed by atoms with Crippen molar-refractivity contribution in [3.63, 3.8) is 0 Å². The summed E-state index contributed by atoms with van der Waals surface area (Å²) < 4.78 is 6.06. The molecule has 0 aromatic heterocycles. The molecule has 0 radical (unpaired) electrons.